The van der Waals surface area contributed by atoms with E-state index in [0.29, 0.717) is 9.26 Å². The molecule has 0 aliphatic rings. The van der Waals surface area contributed by atoms with E-state index in [-0.39, 0.29) is 18.9 Å². The Morgan fingerprint density at radius 3 is 2.65 bits per heavy atom. The normalized spacial score (nSPS) is 9.82. The fourth-order valence-corrected chi connectivity index (χ4v) is 1.65. The van der Waals surface area contributed by atoms with Crippen LogP contribution in [0, 0.1) is 9.39 Å². The van der Waals surface area contributed by atoms with Crippen LogP contribution in [0.25, 0.3) is 0 Å². The summed E-state index contributed by atoms with van der Waals surface area (Å²) in [4.78, 5) is 22.2. The number of benzene rings is 1. The predicted octanol–water partition coefficient (Wildman–Crippen LogP) is 0.444. The molecule has 0 heterocycles. The SMILES string of the molecule is NCC(=O)NCC(=O)Nc1ccc(F)cc1I. The van der Waals surface area contributed by atoms with Gasteiger partial charge in [-0.15, -0.1) is 0 Å². The van der Waals surface area contributed by atoms with Crippen LogP contribution in [0.3, 0.4) is 0 Å². The van der Waals surface area contributed by atoms with Gasteiger partial charge in [-0.2, -0.15) is 0 Å². The summed E-state index contributed by atoms with van der Waals surface area (Å²) in [6.45, 7) is -0.329. The van der Waals surface area contributed by atoms with E-state index in [9.17, 15) is 14.0 Å². The topological polar surface area (TPSA) is 84.2 Å². The van der Waals surface area contributed by atoms with Gasteiger partial charge in [0.25, 0.3) is 0 Å². The number of amides is 2. The second-order valence-electron chi connectivity index (χ2n) is 3.15. The van der Waals surface area contributed by atoms with Crippen LogP contribution in [0.5, 0.6) is 0 Å². The smallest absolute Gasteiger partial charge is 0.243 e. The Kier molecular flexibility index (Phi) is 5.29. The van der Waals surface area contributed by atoms with E-state index < -0.39 is 11.8 Å². The van der Waals surface area contributed by atoms with Crippen molar-refractivity contribution in [2.24, 2.45) is 5.73 Å². The zero-order chi connectivity index (χ0) is 12.8. The van der Waals surface area contributed by atoms with Gasteiger partial charge in [0.05, 0.1) is 18.8 Å². The van der Waals surface area contributed by atoms with E-state index in [1.54, 1.807) is 0 Å². The van der Waals surface area contributed by atoms with Gasteiger partial charge in [0, 0.05) is 3.57 Å². The average molecular weight is 351 g/mol. The molecule has 1 aromatic carbocycles. The Balaban J connectivity index is 2.53. The molecule has 0 aromatic heterocycles. The average Bonchev–Trinajstić information content (AvgIpc) is 2.29. The first kappa shape index (κ1) is 13.8. The maximum atomic E-state index is 12.8. The molecule has 0 radical (unpaired) electrons. The predicted molar refractivity (Wildman–Crippen MR) is 69.8 cm³/mol. The Labute approximate surface area is 111 Å². The number of nitrogens with one attached hydrogen (secondary N) is 2. The summed E-state index contributed by atoms with van der Waals surface area (Å²) in [6, 6.07) is 4.00. The van der Waals surface area contributed by atoms with Crippen LogP contribution in [0.2, 0.25) is 0 Å². The molecule has 2 amide bonds. The minimum Gasteiger partial charge on any atom is -0.346 e. The highest BCUT2D eigenvalue weighted by molar-refractivity contribution is 14.1. The van der Waals surface area contributed by atoms with Crippen molar-refractivity contribution in [2.45, 2.75) is 0 Å². The fraction of sp³-hybridized carbons (Fsp3) is 0.200. The van der Waals surface area contributed by atoms with Crippen molar-refractivity contribution in [3.8, 4) is 0 Å². The Hall–Kier alpha value is -1.22. The summed E-state index contributed by atoms with van der Waals surface area (Å²) in [5.41, 5.74) is 5.56. The van der Waals surface area contributed by atoms with E-state index in [0.717, 1.165) is 0 Å². The number of rotatable bonds is 4. The highest BCUT2D eigenvalue weighted by Gasteiger charge is 2.07. The van der Waals surface area contributed by atoms with Crippen LogP contribution < -0.4 is 16.4 Å². The first-order chi connectivity index (χ1) is 8.02. The lowest BCUT2D eigenvalue weighted by Gasteiger charge is -2.08. The van der Waals surface area contributed by atoms with Gasteiger partial charge in [0.15, 0.2) is 0 Å². The monoisotopic (exact) mass is 351 g/mol. The van der Waals surface area contributed by atoms with Crippen molar-refractivity contribution in [3.05, 3.63) is 27.6 Å². The van der Waals surface area contributed by atoms with Gasteiger partial charge < -0.3 is 16.4 Å². The Bertz CT molecular complexity index is 440. The third-order valence-corrected chi connectivity index (χ3v) is 2.73. The van der Waals surface area contributed by atoms with E-state index in [2.05, 4.69) is 10.6 Å². The molecule has 1 aromatic rings. The summed E-state index contributed by atoms with van der Waals surface area (Å²) < 4.78 is 13.4. The molecule has 1 rings (SSSR count). The number of hydrogen-bond donors (Lipinski definition) is 3. The number of halogens is 2. The molecule has 92 valence electrons. The molecule has 0 unspecified atom stereocenters. The fourth-order valence-electron chi connectivity index (χ4n) is 1.04. The lowest BCUT2D eigenvalue weighted by molar-refractivity contribution is -0.123. The summed E-state index contributed by atoms with van der Waals surface area (Å²) in [7, 11) is 0. The molecule has 5 nitrogen and oxygen atoms in total. The molecule has 4 N–H and O–H groups in total. The van der Waals surface area contributed by atoms with Gasteiger partial charge in [-0.3, -0.25) is 9.59 Å². The molecule has 0 atom stereocenters. The van der Waals surface area contributed by atoms with Crippen LogP contribution in [-0.4, -0.2) is 24.9 Å². The van der Waals surface area contributed by atoms with Crippen molar-refractivity contribution in [2.75, 3.05) is 18.4 Å². The van der Waals surface area contributed by atoms with E-state index in [1.165, 1.54) is 18.2 Å². The van der Waals surface area contributed by atoms with Crippen LogP contribution >= 0.6 is 22.6 Å². The Morgan fingerprint density at radius 2 is 2.06 bits per heavy atom. The molecule has 0 fully saturated rings. The van der Waals surface area contributed by atoms with Crippen LogP contribution in [-0.2, 0) is 9.59 Å². The highest BCUT2D eigenvalue weighted by atomic mass is 127. The molecule has 17 heavy (non-hydrogen) atoms. The molecular formula is C10H11FIN3O2. The van der Waals surface area contributed by atoms with Crippen LogP contribution in [0.1, 0.15) is 0 Å². The molecule has 0 bridgehead atoms. The van der Waals surface area contributed by atoms with Crippen LogP contribution in [0.15, 0.2) is 18.2 Å². The van der Waals surface area contributed by atoms with Gasteiger partial charge in [-0.25, -0.2) is 4.39 Å². The van der Waals surface area contributed by atoms with Crippen LogP contribution in [0.4, 0.5) is 10.1 Å². The summed E-state index contributed by atoms with van der Waals surface area (Å²) in [6.07, 6.45) is 0. The van der Waals surface area contributed by atoms with E-state index in [1.807, 2.05) is 22.6 Å². The van der Waals surface area contributed by atoms with Gasteiger partial charge in [0.1, 0.15) is 5.82 Å². The largest absolute Gasteiger partial charge is 0.346 e. The van der Waals surface area contributed by atoms with Crippen molar-refractivity contribution in [1.29, 1.82) is 0 Å². The van der Waals surface area contributed by atoms with Crippen molar-refractivity contribution >= 4 is 40.1 Å². The maximum absolute atomic E-state index is 12.8. The second kappa shape index (κ2) is 6.50. The molecule has 0 saturated carbocycles. The quantitative estimate of drug-likeness (QED) is 0.689. The number of anilines is 1. The first-order valence-electron chi connectivity index (χ1n) is 4.74. The number of carbonyl (C=O) groups is 2. The minimum absolute atomic E-state index is 0.163. The third kappa shape index (κ3) is 4.65. The van der Waals surface area contributed by atoms with Crippen molar-refractivity contribution < 1.29 is 14.0 Å². The van der Waals surface area contributed by atoms with E-state index >= 15 is 0 Å². The maximum Gasteiger partial charge on any atom is 0.243 e. The zero-order valence-corrected chi connectivity index (χ0v) is 11.0. The number of hydrogen-bond acceptors (Lipinski definition) is 3. The number of nitrogens with two attached hydrogens (primary N) is 1. The van der Waals surface area contributed by atoms with Gasteiger partial charge in [0.2, 0.25) is 11.8 Å². The number of carbonyl (C=O) groups excluding carboxylic acids is 2. The first-order valence-corrected chi connectivity index (χ1v) is 5.82. The third-order valence-electron chi connectivity index (χ3n) is 1.84. The summed E-state index contributed by atoms with van der Waals surface area (Å²) in [5, 5.41) is 4.88. The Morgan fingerprint density at radius 1 is 1.35 bits per heavy atom. The van der Waals surface area contributed by atoms with Gasteiger partial charge in [-0.05, 0) is 40.8 Å². The van der Waals surface area contributed by atoms with E-state index in [4.69, 9.17) is 5.73 Å². The lowest BCUT2D eigenvalue weighted by atomic mass is 10.3. The molecule has 7 heteroatoms. The lowest BCUT2D eigenvalue weighted by Crippen LogP contribution is -2.36. The standard InChI is InChI=1S/C10H11FIN3O2/c11-6-1-2-8(7(12)3-6)15-10(17)5-14-9(16)4-13/h1-3H,4-5,13H2,(H,14,16)(H,15,17). The highest BCUT2D eigenvalue weighted by Crippen LogP contribution is 2.18. The van der Waals surface area contributed by atoms with Crippen molar-refractivity contribution in [3.63, 3.8) is 0 Å². The van der Waals surface area contributed by atoms with Gasteiger partial charge >= 0.3 is 0 Å². The summed E-state index contributed by atoms with van der Waals surface area (Å²) in [5.74, 6) is -1.17. The molecule has 0 spiro atoms. The molecule has 0 aliphatic carbocycles. The van der Waals surface area contributed by atoms with Gasteiger partial charge in [-0.1, -0.05) is 0 Å². The second-order valence-corrected chi connectivity index (χ2v) is 4.32. The summed E-state index contributed by atoms with van der Waals surface area (Å²) >= 11 is 1.91. The van der Waals surface area contributed by atoms with Crippen molar-refractivity contribution in [1.82, 2.24) is 5.32 Å². The zero-order valence-electron chi connectivity index (χ0n) is 8.80. The molecule has 0 aliphatic heterocycles. The molecular weight excluding hydrogens is 340 g/mol. The minimum atomic E-state index is -0.408. The molecule has 0 saturated heterocycles.